The highest BCUT2D eigenvalue weighted by Gasteiger charge is 1.96. The van der Waals surface area contributed by atoms with Gasteiger partial charge in [-0.15, -0.1) is 0 Å². The van der Waals surface area contributed by atoms with E-state index in [1.165, 1.54) is 88.3 Å². The second-order valence-corrected chi connectivity index (χ2v) is 21.6. The number of hydrogen-bond acceptors (Lipinski definition) is 0. The summed E-state index contributed by atoms with van der Waals surface area (Å²) < 4.78 is 0. The molecule has 0 saturated heterocycles. The molecule has 0 aliphatic rings. The third-order valence-corrected chi connectivity index (χ3v) is 14.1. The Labute approximate surface area is 661 Å². The number of benzene rings is 14. The molecule has 0 fully saturated rings. The predicted molar refractivity (Wildman–Crippen MR) is 497 cm³/mol. The maximum atomic E-state index is 2.20. The Morgan fingerprint density at radius 3 is 0.426 bits per heavy atom. The van der Waals surface area contributed by atoms with Crippen LogP contribution in [0.25, 0.3) is 45.8 Å². The van der Waals surface area contributed by atoms with Gasteiger partial charge in [0.1, 0.15) is 0 Å². The van der Waals surface area contributed by atoms with Gasteiger partial charge in [0.2, 0.25) is 0 Å². The van der Waals surface area contributed by atoms with Gasteiger partial charge in [-0.1, -0.05) is 559 Å². The van der Waals surface area contributed by atoms with E-state index in [9.17, 15) is 0 Å². The van der Waals surface area contributed by atoms with Gasteiger partial charge >= 0.3 is 0 Å². The molecule has 0 nitrogen and oxygen atoms in total. The van der Waals surface area contributed by atoms with E-state index in [2.05, 4.69) is 331 Å². The van der Waals surface area contributed by atoms with E-state index in [0.717, 1.165) is 12.8 Å². The fraction of sp³-hybridized carbons (Fsp3) is 0.222. The number of hydrogen-bond donors (Lipinski definition) is 0. The van der Waals surface area contributed by atoms with Gasteiger partial charge in [-0.05, 0) is 107 Å². The second kappa shape index (κ2) is 75.8. The molecular weight excluding hydrogens is 1300 g/mol. The van der Waals surface area contributed by atoms with E-state index < -0.39 is 0 Å². The summed E-state index contributed by atoms with van der Waals surface area (Å²) in [7, 11) is 0. The zero-order valence-electron chi connectivity index (χ0n) is 70.7. The summed E-state index contributed by atoms with van der Waals surface area (Å²) in [6, 6.07) is 134. The summed E-state index contributed by atoms with van der Waals surface area (Å²) in [5.41, 5.74) is 15.7. The van der Waals surface area contributed by atoms with Gasteiger partial charge in [0, 0.05) is 0 Å². The van der Waals surface area contributed by atoms with E-state index >= 15 is 0 Å². The number of rotatable bonds is 8. The molecular formula is C108H138. The van der Waals surface area contributed by atoms with E-state index in [4.69, 9.17) is 0 Å². The molecule has 0 aliphatic carbocycles. The van der Waals surface area contributed by atoms with Gasteiger partial charge in [0.25, 0.3) is 0 Å². The maximum absolute atomic E-state index is 2.20. The molecule has 14 aromatic carbocycles. The van der Waals surface area contributed by atoms with Gasteiger partial charge in [0.05, 0.1) is 0 Å². The van der Waals surface area contributed by atoms with Gasteiger partial charge < -0.3 is 0 Å². The van der Waals surface area contributed by atoms with Crippen molar-refractivity contribution in [2.24, 2.45) is 0 Å². The minimum absolute atomic E-state index is 1.03. The standard InChI is InChI=1S/2C14H14.2C14H12.2C10H8.2C7H8.9C2H6/c2*1-12-7-9-14(10-8-12)11-13-5-3-2-4-6-13;2*1-3-7-13(8-4-1)11-12-14-9-5-2-6-10-14;2*1-2-6-10-8-4-3-7-9(10)5-1;2*1-7-5-3-2-4-6-7;9*1-2/h2*2-10H,11H2,1H3;2*1-12H;2*1-8H;2*2-6H,1H3;9*1-2H3/b;;2*12-11+;;;;;;;;;;;;;. The molecule has 0 bridgehead atoms. The average molecular weight is 1440 g/mol. The zero-order valence-corrected chi connectivity index (χ0v) is 70.7. The maximum Gasteiger partial charge on any atom is -0.00258 e. The monoisotopic (exact) mass is 1440 g/mol. The van der Waals surface area contributed by atoms with Gasteiger partial charge in [-0.25, -0.2) is 0 Å². The highest BCUT2D eigenvalue weighted by Crippen LogP contribution is 2.15. The summed E-state index contributed by atoms with van der Waals surface area (Å²) in [6.07, 6.45) is 10.5. The first-order valence-corrected chi connectivity index (χ1v) is 40.0. The van der Waals surface area contributed by atoms with Crippen LogP contribution in [0.1, 0.15) is 191 Å². The zero-order chi connectivity index (χ0) is 80.7. The molecule has 570 valence electrons. The lowest BCUT2D eigenvalue weighted by atomic mass is 10.0. The van der Waals surface area contributed by atoms with E-state index in [1.807, 2.05) is 234 Å². The van der Waals surface area contributed by atoms with Crippen molar-refractivity contribution in [1.29, 1.82) is 0 Å². The third kappa shape index (κ3) is 52.1. The minimum atomic E-state index is 1.03. The number of fused-ring (bicyclic) bond motifs is 2. The molecule has 14 aromatic rings. The Hall–Kier alpha value is -10.9. The predicted octanol–water partition coefficient (Wildman–Crippen LogP) is 33.8. The van der Waals surface area contributed by atoms with Crippen LogP contribution in [-0.4, -0.2) is 0 Å². The second-order valence-electron chi connectivity index (χ2n) is 21.6. The normalized spacial score (nSPS) is 8.83. The Morgan fingerprint density at radius 2 is 0.269 bits per heavy atom. The molecule has 0 unspecified atom stereocenters. The molecule has 0 aromatic heterocycles. The summed E-state index contributed by atoms with van der Waals surface area (Å²) >= 11 is 0. The lowest BCUT2D eigenvalue weighted by Crippen LogP contribution is -1.86. The summed E-state index contributed by atoms with van der Waals surface area (Å²) in [5, 5.41) is 5.24. The Bertz CT molecular complexity index is 3630. The van der Waals surface area contributed by atoms with Crippen LogP contribution in [0.15, 0.2) is 388 Å². The fourth-order valence-corrected chi connectivity index (χ4v) is 9.05. The molecule has 108 heavy (non-hydrogen) atoms. The first kappa shape index (κ1) is 101. The molecule has 0 atom stereocenters. The Morgan fingerprint density at radius 1 is 0.139 bits per heavy atom. The van der Waals surface area contributed by atoms with Crippen molar-refractivity contribution < 1.29 is 0 Å². The molecule has 0 aliphatic heterocycles. The summed E-state index contributed by atoms with van der Waals surface area (Å²) in [5.74, 6) is 0. The molecule has 14 rings (SSSR count). The van der Waals surface area contributed by atoms with Crippen molar-refractivity contribution in [3.8, 4) is 0 Å². The topological polar surface area (TPSA) is 0 Å². The van der Waals surface area contributed by atoms with Crippen molar-refractivity contribution in [2.45, 2.75) is 165 Å². The lowest BCUT2D eigenvalue weighted by Gasteiger charge is -2.01. The molecule has 0 spiro atoms. The summed E-state index contributed by atoms with van der Waals surface area (Å²) in [4.78, 5) is 0. The van der Waals surface area contributed by atoms with E-state index in [1.54, 1.807) is 0 Å². The van der Waals surface area contributed by atoms with Crippen LogP contribution in [0.2, 0.25) is 0 Å². The number of aryl methyl sites for hydroxylation is 4. The van der Waals surface area contributed by atoms with Crippen molar-refractivity contribution in [2.75, 3.05) is 0 Å². The lowest BCUT2D eigenvalue weighted by molar-refractivity contribution is 1.19. The van der Waals surface area contributed by atoms with Crippen LogP contribution < -0.4 is 0 Å². The largest absolute Gasteiger partial charge is 0.0683 e. The minimum Gasteiger partial charge on any atom is -0.0683 e. The van der Waals surface area contributed by atoms with Crippen LogP contribution in [-0.2, 0) is 12.8 Å². The quantitative estimate of drug-likeness (QED) is 0.133. The smallest absolute Gasteiger partial charge is 0.00258 e. The van der Waals surface area contributed by atoms with Crippen molar-refractivity contribution in [3.63, 3.8) is 0 Å². The molecule has 0 heteroatoms. The fourth-order valence-electron chi connectivity index (χ4n) is 9.05. The third-order valence-electron chi connectivity index (χ3n) is 14.1. The van der Waals surface area contributed by atoms with E-state index in [0.29, 0.717) is 0 Å². The van der Waals surface area contributed by atoms with Crippen molar-refractivity contribution >= 4 is 45.8 Å². The van der Waals surface area contributed by atoms with Crippen molar-refractivity contribution in [1.82, 2.24) is 0 Å². The van der Waals surface area contributed by atoms with Crippen LogP contribution in [0.5, 0.6) is 0 Å². The molecule has 0 radical (unpaired) electrons. The molecule has 0 N–H and O–H groups in total. The van der Waals surface area contributed by atoms with Crippen molar-refractivity contribution in [3.05, 3.63) is 455 Å². The SMILES string of the molecule is C(=C\c1ccccc1)/c1ccccc1.C(=C\c1ccccc1)/c1ccccc1.CC.CC.CC.CC.CC.CC.CC.CC.CC.Cc1ccc(Cc2ccccc2)cc1.Cc1ccc(Cc2ccccc2)cc1.Cc1ccccc1.Cc1ccccc1.c1ccc2ccccc2c1.c1ccc2ccccc2c1. The first-order valence-electron chi connectivity index (χ1n) is 40.0. The van der Waals surface area contributed by atoms with Gasteiger partial charge in [-0.2, -0.15) is 0 Å². The van der Waals surface area contributed by atoms with Crippen LogP contribution in [0, 0.1) is 27.7 Å². The highest BCUT2D eigenvalue weighted by atomic mass is 14.0. The first-order chi connectivity index (χ1) is 53.3. The average Bonchev–Trinajstić information content (AvgIpc) is 0.877. The van der Waals surface area contributed by atoms with E-state index in [-0.39, 0.29) is 0 Å². The molecule has 0 saturated carbocycles. The molecule has 0 amide bonds. The summed E-state index contributed by atoms with van der Waals surface area (Å²) in [6.45, 7) is 44.4. The Balaban J connectivity index is -0.00000114. The van der Waals surface area contributed by atoms with Crippen LogP contribution in [0.4, 0.5) is 0 Å². The molecule has 0 heterocycles. The highest BCUT2D eigenvalue weighted by molar-refractivity contribution is 5.83. The van der Waals surface area contributed by atoms with Gasteiger partial charge in [0.15, 0.2) is 0 Å². The van der Waals surface area contributed by atoms with Gasteiger partial charge in [-0.3, -0.25) is 0 Å². The van der Waals surface area contributed by atoms with Crippen LogP contribution in [0.3, 0.4) is 0 Å². The van der Waals surface area contributed by atoms with Crippen LogP contribution >= 0.6 is 0 Å². The Kier molecular flexibility index (Phi) is 71.0.